The van der Waals surface area contributed by atoms with Gasteiger partial charge in [0.2, 0.25) is 0 Å². The van der Waals surface area contributed by atoms with Crippen molar-refractivity contribution in [2.75, 3.05) is 0 Å². The van der Waals surface area contributed by atoms with Gasteiger partial charge in [0, 0.05) is 17.6 Å². The predicted octanol–water partition coefficient (Wildman–Crippen LogP) is 4.71. The number of aryl methyl sites for hydroxylation is 1. The van der Waals surface area contributed by atoms with Crippen LogP contribution in [-0.4, -0.2) is 6.04 Å². The van der Waals surface area contributed by atoms with Crippen molar-refractivity contribution in [3.63, 3.8) is 0 Å². The van der Waals surface area contributed by atoms with Crippen molar-refractivity contribution in [1.29, 1.82) is 0 Å². The molecule has 0 heterocycles. The number of halogens is 2. The van der Waals surface area contributed by atoms with E-state index in [0.29, 0.717) is 6.04 Å². The molecule has 0 unspecified atom stereocenters. The summed E-state index contributed by atoms with van der Waals surface area (Å²) in [5, 5.41) is 4.20. The molecule has 1 saturated carbocycles. The largest absolute Gasteiger partial charge is 0.310 e. The summed E-state index contributed by atoms with van der Waals surface area (Å²) in [6.07, 6.45) is 2.49. The molecule has 1 aliphatic rings. The van der Waals surface area contributed by atoms with E-state index in [4.69, 9.17) is 11.6 Å². The molecule has 1 nitrogen and oxygen atoms in total. The summed E-state index contributed by atoms with van der Waals surface area (Å²) in [5.74, 6) is -0.198. The van der Waals surface area contributed by atoms with Crippen LogP contribution in [0.15, 0.2) is 36.4 Å². The summed E-state index contributed by atoms with van der Waals surface area (Å²) < 4.78 is 13.6. The molecule has 1 N–H and O–H groups in total. The molecule has 0 aromatic heterocycles. The van der Waals surface area contributed by atoms with Gasteiger partial charge in [-0.1, -0.05) is 23.7 Å². The number of hydrogen-bond acceptors (Lipinski definition) is 1. The minimum absolute atomic E-state index is 0.198. The second kappa shape index (κ2) is 5.55. The lowest BCUT2D eigenvalue weighted by molar-refractivity contribution is 0.627. The van der Waals surface area contributed by atoms with Crippen molar-refractivity contribution in [2.45, 2.75) is 32.4 Å². The topological polar surface area (TPSA) is 12.0 Å². The predicted molar refractivity (Wildman–Crippen MR) is 81.4 cm³/mol. The highest BCUT2D eigenvalue weighted by Gasteiger charge is 2.20. The monoisotopic (exact) mass is 289 g/mol. The van der Waals surface area contributed by atoms with E-state index in [9.17, 15) is 4.39 Å². The number of benzene rings is 2. The Morgan fingerprint density at radius 2 is 2.00 bits per heavy atom. The fourth-order valence-electron chi connectivity index (χ4n) is 2.42. The van der Waals surface area contributed by atoms with Crippen molar-refractivity contribution in [3.05, 3.63) is 58.4 Å². The minimum atomic E-state index is -0.198. The van der Waals surface area contributed by atoms with Gasteiger partial charge in [-0.3, -0.25) is 0 Å². The zero-order valence-electron chi connectivity index (χ0n) is 11.4. The molecule has 3 rings (SSSR count). The Morgan fingerprint density at radius 1 is 1.20 bits per heavy atom. The molecule has 0 aliphatic heterocycles. The van der Waals surface area contributed by atoms with Crippen molar-refractivity contribution >= 4 is 11.6 Å². The standard InChI is InChI=1S/C17H17ClFN/c1-11-6-12(9-15(19)7-11)17-5-2-14(18)8-13(17)10-20-16-3-4-16/h2,5-9,16,20H,3-4,10H2,1H3. The van der Waals surface area contributed by atoms with E-state index in [0.717, 1.165) is 33.8 Å². The second-order valence-corrected chi connectivity index (χ2v) is 5.91. The molecule has 20 heavy (non-hydrogen) atoms. The van der Waals surface area contributed by atoms with Crippen LogP contribution in [0.25, 0.3) is 11.1 Å². The summed E-state index contributed by atoms with van der Waals surface area (Å²) in [4.78, 5) is 0. The lowest BCUT2D eigenvalue weighted by atomic mass is 9.98. The first-order valence-electron chi connectivity index (χ1n) is 6.91. The molecule has 0 radical (unpaired) electrons. The first kappa shape index (κ1) is 13.6. The molecular weight excluding hydrogens is 273 g/mol. The maximum atomic E-state index is 13.6. The maximum absolute atomic E-state index is 13.6. The van der Waals surface area contributed by atoms with Gasteiger partial charge in [-0.05, 0) is 66.3 Å². The molecule has 0 spiro atoms. The molecule has 2 aromatic carbocycles. The third-order valence-electron chi connectivity index (χ3n) is 3.58. The average Bonchev–Trinajstić information content (AvgIpc) is 3.19. The second-order valence-electron chi connectivity index (χ2n) is 5.47. The maximum Gasteiger partial charge on any atom is 0.124 e. The molecule has 104 valence electrons. The van der Waals surface area contributed by atoms with Gasteiger partial charge in [0.15, 0.2) is 0 Å². The van der Waals surface area contributed by atoms with Crippen molar-refractivity contribution in [1.82, 2.24) is 5.32 Å². The Kier molecular flexibility index (Phi) is 3.77. The molecule has 1 aliphatic carbocycles. The van der Waals surface area contributed by atoms with E-state index in [-0.39, 0.29) is 5.82 Å². The third kappa shape index (κ3) is 3.20. The van der Waals surface area contributed by atoms with Crippen LogP contribution in [0.1, 0.15) is 24.0 Å². The number of hydrogen-bond donors (Lipinski definition) is 1. The molecule has 0 saturated heterocycles. The van der Waals surface area contributed by atoms with Gasteiger partial charge < -0.3 is 5.32 Å². The quantitative estimate of drug-likeness (QED) is 0.860. The zero-order valence-corrected chi connectivity index (χ0v) is 12.2. The van der Waals surface area contributed by atoms with Crippen LogP contribution < -0.4 is 5.32 Å². The Hall–Kier alpha value is -1.38. The van der Waals surface area contributed by atoms with Gasteiger partial charge in [0.1, 0.15) is 5.82 Å². The minimum Gasteiger partial charge on any atom is -0.310 e. The van der Waals surface area contributed by atoms with Crippen LogP contribution in [-0.2, 0) is 6.54 Å². The molecule has 0 bridgehead atoms. The zero-order chi connectivity index (χ0) is 14.1. The smallest absolute Gasteiger partial charge is 0.124 e. The van der Waals surface area contributed by atoms with Crippen LogP contribution in [0.4, 0.5) is 4.39 Å². The normalized spacial score (nSPS) is 14.6. The highest BCUT2D eigenvalue weighted by atomic mass is 35.5. The van der Waals surface area contributed by atoms with Crippen molar-refractivity contribution in [3.8, 4) is 11.1 Å². The van der Waals surface area contributed by atoms with E-state index in [2.05, 4.69) is 5.32 Å². The fourth-order valence-corrected chi connectivity index (χ4v) is 2.62. The van der Waals surface area contributed by atoms with Gasteiger partial charge in [0.05, 0.1) is 0 Å². The van der Waals surface area contributed by atoms with Gasteiger partial charge in [0.25, 0.3) is 0 Å². The molecule has 0 atom stereocenters. The van der Waals surface area contributed by atoms with Crippen LogP contribution in [0.3, 0.4) is 0 Å². The first-order chi connectivity index (χ1) is 9.61. The highest BCUT2D eigenvalue weighted by molar-refractivity contribution is 6.30. The molecule has 3 heteroatoms. The summed E-state index contributed by atoms with van der Waals surface area (Å²) in [7, 11) is 0. The van der Waals surface area contributed by atoms with Gasteiger partial charge >= 0.3 is 0 Å². The van der Waals surface area contributed by atoms with Crippen LogP contribution in [0.5, 0.6) is 0 Å². The molecule has 0 amide bonds. The fraction of sp³-hybridized carbons (Fsp3) is 0.294. The summed E-state index contributed by atoms with van der Waals surface area (Å²) in [6, 6.07) is 11.6. The molecular formula is C17H17ClFN. The highest BCUT2D eigenvalue weighted by Crippen LogP contribution is 2.29. The van der Waals surface area contributed by atoms with Crippen LogP contribution in [0.2, 0.25) is 5.02 Å². The van der Waals surface area contributed by atoms with E-state index >= 15 is 0 Å². The van der Waals surface area contributed by atoms with E-state index in [1.54, 1.807) is 12.1 Å². The number of rotatable bonds is 4. The van der Waals surface area contributed by atoms with E-state index in [1.807, 2.05) is 31.2 Å². The lowest BCUT2D eigenvalue weighted by Crippen LogP contribution is -2.15. The number of nitrogens with one attached hydrogen (secondary N) is 1. The Labute approximate surface area is 123 Å². The molecule has 2 aromatic rings. The Bertz CT molecular complexity index is 615. The van der Waals surface area contributed by atoms with Crippen LogP contribution >= 0.6 is 11.6 Å². The Morgan fingerprint density at radius 3 is 2.70 bits per heavy atom. The average molecular weight is 290 g/mol. The van der Waals surface area contributed by atoms with Crippen molar-refractivity contribution in [2.24, 2.45) is 0 Å². The van der Waals surface area contributed by atoms with E-state index in [1.165, 1.54) is 12.8 Å². The summed E-state index contributed by atoms with van der Waals surface area (Å²) in [5.41, 5.74) is 4.00. The lowest BCUT2D eigenvalue weighted by Gasteiger charge is -2.12. The van der Waals surface area contributed by atoms with Gasteiger partial charge in [-0.15, -0.1) is 0 Å². The van der Waals surface area contributed by atoms with Gasteiger partial charge in [-0.2, -0.15) is 0 Å². The summed E-state index contributed by atoms with van der Waals surface area (Å²) in [6.45, 7) is 2.68. The SMILES string of the molecule is Cc1cc(F)cc(-c2ccc(Cl)cc2CNC2CC2)c1. The van der Waals surface area contributed by atoms with Crippen molar-refractivity contribution < 1.29 is 4.39 Å². The molecule has 1 fully saturated rings. The van der Waals surface area contributed by atoms with Crippen LogP contribution in [0, 0.1) is 12.7 Å². The van der Waals surface area contributed by atoms with Gasteiger partial charge in [-0.25, -0.2) is 4.39 Å². The third-order valence-corrected chi connectivity index (χ3v) is 3.81. The first-order valence-corrected chi connectivity index (χ1v) is 7.29. The summed E-state index contributed by atoms with van der Waals surface area (Å²) >= 11 is 6.10. The van der Waals surface area contributed by atoms with E-state index < -0.39 is 0 Å². The Balaban J connectivity index is 1.97.